The van der Waals surface area contributed by atoms with Crippen molar-refractivity contribution in [1.29, 1.82) is 0 Å². The van der Waals surface area contributed by atoms with Crippen molar-refractivity contribution in [2.45, 2.75) is 20.3 Å². The fraction of sp³-hybridized carbons (Fsp3) is 0.533. The number of carbonyl (C=O) groups is 1. The van der Waals surface area contributed by atoms with E-state index in [4.69, 9.17) is 4.74 Å². The first-order valence-corrected chi connectivity index (χ1v) is 6.76. The summed E-state index contributed by atoms with van der Waals surface area (Å²) >= 11 is 0. The van der Waals surface area contributed by atoms with Crippen molar-refractivity contribution in [3.8, 4) is 0 Å². The third kappa shape index (κ3) is 5.19. The molecular formula is C15H24N2O3. The summed E-state index contributed by atoms with van der Waals surface area (Å²) in [5, 5.41) is 15.4. The van der Waals surface area contributed by atoms with Crippen LogP contribution in [0.4, 0.5) is 11.4 Å². The van der Waals surface area contributed by atoms with Crippen molar-refractivity contribution >= 4 is 17.3 Å². The number of rotatable bonds is 8. The van der Waals surface area contributed by atoms with Crippen molar-refractivity contribution in [3.63, 3.8) is 0 Å². The maximum atomic E-state index is 11.4. The van der Waals surface area contributed by atoms with Crippen molar-refractivity contribution in [2.75, 3.05) is 37.5 Å². The molecule has 1 amide bonds. The number of methoxy groups -OCH3 is 1. The molecule has 3 N–H and O–H groups in total. The van der Waals surface area contributed by atoms with Crippen LogP contribution in [0.3, 0.4) is 0 Å². The minimum atomic E-state index is -0.182. The molecule has 0 spiro atoms. The normalized spacial score (nSPS) is 13.6. The van der Waals surface area contributed by atoms with E-state index in [-0.39, 0.29) is 24.5 Å². The average molecular weight is 280 g/mol. The predicted octanol–water partition coefficient (Wildman–Crippen LogP) is 2.09. The summed E-state index contributed by atoms with van der Waals surface area (Å²) in [6.07, 6.45) is 0.890. The van der Waals surface area contributed by atoms with Crippen LogP contribution >= 0.6 is 0 Å². The summed E-state index contributed by atoms with van der Waals surface area (Å²) in [5.74, 6) is -0.182. The van der Waals surface area contributed by atoms with Gasteiger partial charge in [-0.05, 0) is 24.6 Å². The average Bonchev–Trinajstić information content (AvgIpc) is 2.45. The van der Waals surface area contributed by atoms with Crippen molar-refractivity contribution < 1.29 is 14.6 Å². The molecule has 5 nitrogen and oxygen atoms in total. The van der Waals surface area contributed by atoms with Gasteiger partial charge >= 0.3 is 0 Å². The molecule has 1 atom stereocenters. The van der Waals surface area contributed by atoms with E-state index in [2.05, 4.69) is 17.6 Å². The lowest BCUT2D eigenvalue weighted by molar-refractivity contribution is -0.119. The lowest BCUT2D eigenvalue weighted by atomic mass is 9.88. The lowest BCUT2D eigenvalue weighted by Gasteiger charge is -2.26. The minimum absolute atomic E-state index is 0.0378. The summed E-state index contributed by atoms with van der Waals surface area (Å²) < 4.78 is 4.77. The molecule has 112 valence electrons. The lowest BCUT2D eigenvalue weighted by Crippen LogP contribution is -2.29. The molecule has 0 bridgehead atoms. The molecule has 1 unspecified atom stereocenters. The van der Waals surface area contributed by atoms with Gasteiger partial charge in [-0.2, -0.15) is 0 Å². The van der Waals surface area contributed by atoms with E-state index in [1.165, 1.54) is 7.11 Å². The fourth-order valence-corrected chi connectivity index (χ4v) is 1.64. The smallest absolute Gasteiger partial charge is 0.250 e. The molecule has 0 heterocycles. The van der Waals surface area contributed by atoms with E-state index >= 15 is 0 Å². The second-order valence-corrected chi connectivity index (χ2v) is 5.24. The molecule has 0 fully saturated rings. The Balaban J connectivity index is 2.62. The molecular weight excluding hydrogens is 256 g/mol. The van der Waals surface area contributed by atoms with Crippen LogP contribution in [0.5, 0.6) is 0 Å². The molecule has 0 aliphatic carbocycles. The molecule has 1 rings (SSSR count). The van der Waals surface area contributed by atoms with Crippen LogP contribution in [-0.4, -0.2) is 37.9 Å². The zero-order valence-corrected chi connectivity index (χ0v) is 12.4. The highest BCUT2D eigenvalue weighted by molar-refractivity contribution is 5.92. The molecule has 0 radical (unpaired) electrons. The van der Waals surface area contributed by atoms with E-state index in [0.717, 1.165) is 17.8 Å². The second-order valence-electron chi connectivity index (χ2n) is 5.24. The molecule has 5 heteroatoms. The number of anilines is 2. The van der Waals surface area contributed by atoms with Crippen molar-refractivity contribution in [2.24, 2.45) is 5.41 Å². The van der Waals surface area contributed by atoms with E-state index in [1.54, 1.807) is 0 Å². The first-order chi connectivity index (χ1) is 9.53. The summed E-state index contributed by atoms with van der Waals surface area (Å²) in [5.41, 5.74) is 1.49. The number of benzene rings is 1. The first kappa shape index (κ1) is 16.5. The van der Waals surface area contributed by atoms with E-state index in [9.17, 15) is 9.90 Å². The van der Waals surface area contributed by atoms with Gasteiger partial charge in [0.25, 0.3) is 0 Å². The van der Waals surface area contributed by atoms with Crippen LogP contribution in [-0.2, 0) is 9.53 Å². The van der Waals surface area contributed by atoms with E-state index < -0.39 is 0 Å². The highest BCUT2D eigenvalue weighted by Crippen LogP contribution is 2.22. The van der Waals surface area contributed by atoms with Crippen molar-refractivity contribution in [3.05, 3.63) is 24.3 Å². The van der Waals surface area contributed by atoms with Gasteiger partial charge in [-0.15, -0.1) is 0 Å². The van der Waals surface area contributed by atoms with Gasteiger partial charge in [0, 0.05) is 30.4 Å². The Bertz CT molecular complexity index is 431. The molecule has 0 saturated heterocycles. The number of aliphatic hydroxyl groups excluding tert-OH is 1. The molecule has 20 heavy (non-hydrogen) atoms. The third-order valence-corrected chi connectivity index (χ3v) is 3.38. The van der Waals surface area contributed by atoms with Crippen LogP contribution in [0.15, 0.2) is 24.3 Å². The number of hydrogen-bond acceptors (Lipinski definition) is 4. The van der Waals surface area contributed by atoms with Gasteiger partial charge in [0.1, 0.15) is 6.61 Å². The SMILES string of the molecule is CCC(C)(CO)CNc1cccc(NC(=O)COC)c1. The van der Waals surface area contributed by atoms with Gasteiger partial charge in [-0.25, -0.2) is 0 Å². The van der Waals surface area contributed by atoms with Crippen LogP contribution in [0.2, 0.25) is 0 Å². The van der Waals surface area contributed by atoms with Crippen molar-refractivity contribution in [1.82, 2.24) is 0 Å². The maximum Gasteiger partial charge on any atom is 0.250 e. The number of hydrogen-bond donors (Lipinski definition) is 3. The Morgan fingerprint density at radius 1 is 1.40 bits per heavy atom. The quantitative estimate of drug-likeness (QED) is 0.682. The van der Waals surface area contributed by atoms with Gasteiger partial charge in [0.15, 0.2) is 0 Å². The van der Waals surface area contributed by atoms with E-state index in [0.29, 0.717) is 6.54 Å². The van der Waals surface area contributed by atoms with Gasteiger partial charge in [0.05, 0.1) is 6.61 Å². The summed E-state index contributed by atoms with van der Waals surface area (Å²) in [6.45, 7) is 4.94. The topological polar surface area (TPSA) is 70.6 Å². The Hall–Kier alpha value is -1.59. The minimum Gasteiger partial charge on any atom is -0.396 e. The molecule has 0 aliphatic heterocycles. The molecule has 1 aromatic rings. The first-order valence-electron chi connectivity index (χ1n) is 6.76. The molecule has 0 saturated carbocycles. The molecule has 0 aliphatic rings. The van der Waals surface area contributed by atoms with Crippen LogP contribution in [0.25, 0.3) is 0 Å². The number of aliphatic hydroxyl groups is 1. The van der Waals surface area contributed by atoms with Crippen LogP contribution < -0.4 is 10.6 Å². The fourth-order valence-electron chi connectivity index (χ4n) is 1.64. The second kappa shape index (κ2) is 7.87. The van der Waals surface area contributed by atoms with Gasteiger partial charge in [0.2, 0.25) is 5.91 Å². The highest BCUT2D eigenvalue weighted by Gasteiger charge is 2.20. The number of carbonyl (C=O) groups excluding carboxylic acids is 1. The summed E-state index contributed by atoms with van der Waals surface area (Å²) in [7, 11) is 1.48. The molecule has 0 aromatic heterocycles. The predicted molar refractivity (Wildman–Crippen MR) is 80.9 cm³/mol. The van der Waals surface area contributed by atoms with Crippen LogP contribution in [0.1, 0.15) is 20.3 Å². The summed E-state index contributed by atoms with van der Waals surface area (Å²) in [4.78, 5) is 11.4. The van der Waals surface area contributed by atoms with Gasteiger partial charge in [-0.1, -0.05) is 19.9 Å². The third-order valence-electron chi connectivity index (χ3n) is 3.38. The zero-order valence-electron chi connectivity index (χ0n) is 12.4. The summed E-state index contributed by atoms with van der Waals surface area (Å²) in [6, 6.07) is 7.48. The van der Waals surface area contributed by atoms with Crippen LogP contribution in [0, 0.1) is 5.41 Å². The monoisotopic (exact) mass is 280 g/mol. The standard InChI is InChI=1S/C15H24N2O3/c1-4-15(2,11-18)10-16-12-6-5-7-13(8-12)17-14(19)9-20-3/h5-8,16,18H,4,9-11H2,1-3H3,(H,17,19). The highest BCUT2D eigenvalue weighted by atomic mass is 16.5. The number of nitrogens with one attached hydrogen (secondary N) is 2. The van der Waals surface area contributed by atoms with Gasteiger partial charge < -0.3 is 20.5 Å². The molecule has 1 aromatic carbocycles. The number of ether oxygens (including phenoxy) is 1. The Labute approximate surface area is 120 Å². The zero-order chi connectivity index (χ0) is 15.0. The maximum absolute atomic E-state index is 11.4. The Morgan fingerprint density at radius 2 is 2.10 bits per heavy atom. The largest absolute Gasteiger partial charge is 0.396 e. The van der Waals surface area contributed by atoms with Gasteiger partial charge in [-0.3, -0.25) is 4.79 Å². The number of amides is 1. The Kier molecular flexibility index (Phi) is 6.48. The van der Waals surface area contributed by atoms with E-state index in [1.807, 2.05) is 31.2 Å². The Morgan fingerprint density at radius 3 is 2.70 bits per heavy atom.